The van der Waals surface area contributed by atoms with Crippen LogP contribution in [0, 0.1) is 11.8 Å². The Kier molecular flexibility index (Phi) is 6.38. The first kappa shape index (κ1) is 15.9. The first-order chi connectivity index (χ1) is 9.72. The first-order valence-corrected chi connectivity index (χ1v) is 8.58. The molecule has 0 amide bonds. The Bertz CT molecular complexity index is 387. The Balaban J connectivity index is 2.00. The highest BCUT2D eigenvalue weighted by Gasteiger charge is 2.27. The van der Waals surface area contributed by atoms with Gasteiger partial charge in [0.25, 0.3) is 0 Å². The predicted octanol–water partition coefficient (Wildman–Crippen LogP) is 5.08. The Hall–Kier alpha value is -0.530. The molecule has 0 radical (unpaired) electrons. The molecule has 0 aromatic heterocycles. The average Bonchev–Trinajstić information content (AvgIpc) is 2.49. The molecule has 3 unspecified atom stereocenters. The monoisotopic (exact) mass is 293 g/mol. The third kappa shape index (κ3) is 4.49. The van der Waals surface area contributed by atoms with Crippen LogP contribution in [0.15, 0.2) is 24.3 Å². The quantitative estimate of drug-likeness (QED) is 0.771. The summed E-state index contributed by atoms with van der Waals surface area (Å²) in [4.78, 5) is 0. The van der Waals surface area contributed by atoms with Gasteiger partial charge in [0.1, 0.15) is 0 Å². The number of rotatable bonds is 6. The van der Waals surface area contributed by atoms with Crippen molar-refractivity contribution in [2.24, 2.45) is 11.8 Å². The predicted molar refractivity (Wildman–Crippen MR) is 88.4 cm³/mol. The summed E-state index contributed by atoms with van der Waals surface area (Å²) in [5.74, 6) is 1.78. The number of halogens is 1. The average molecular weight is 294 g/mol. The molecular formula is C18H28ClN. The molecule has 0 spiro atoms. The molecule has 1 aliphatic rings. The summed E-state index contributed by atoms with van der Waals surface area (Å²) in [7, 11) is 0. The van der Waals surface area contributed by atoms with Crippen LogP contribution in [0.5, 0.6) is 0 Å². The van der Waals surface area contributed by atoms with Crippen LogP contribution in [0.25, 0.3) is 0 Å². The Morgan fingerprint density at radius 2 is 1.95 bits per heavy atom. The smallest absolute Gasteiger partial charge is 0.0406 e. The van der Waals surface area contributed by atoms with Gasteiger partial charge in [0.05, 0.1) is 0 Å². The standard InChI is InChI=1S/C18H28ClN/c1-3-14-6-5-7-16(12-14)18(20-4-2)13-15-8-10-17(19)11-9-15/h8-11,14,16,18,20H,3-7,12-13H2,1-2H3. The number of hydrogen-bond donors (Lipinski definition) is 1. The fourth-order valence-corrected chi connectivity index (χ4v) is 3.74. The molecule has 1 nitrogen and oxygen atoms in total. The van der Waals surface area contributed by atoms with Gasteiger partial charge >= 0.3 is 0 Å². The van der Waals surface area contributed by atoms with Crippen molar-refractivity contribution in [3.63, 3.8) is 0 Å². The van der Waals surface area contributed by atoms with Crippen molar-refractivity contribution in [1.29, 1.82) is 0 Å². The SMILES string of the molecule is CCNC(Cc1ccc(Cl)cc1)C1CCCC(CC)C1. The van der Waals surface area contributed by atoms with Gasteiger partial charge in [-0.15, -0.1) is 0 Å². The summed E-state index contributed by atoms with van der Waals surface area (Å²) in [6.07, 6.45) is 8.12. The fraction of sp³-hybridized carbons (Fsp3) is 0.667. The van der Waals surface area contributed by atoms with Crippen LogP contribution in [0.2, 0.25) is 5.02 Å². The minimum Gasteiger partial charge on any atom is -0.314 e. The van der Waals surface area contributed by atoms with E-state index in [2.05, 4.69) is 31.3 Å². The summed E-state index contributed by atoms with van der Waals surface area (Å²) in [5, 5.41) is 4.56. The maximum atomic E-state index is 5.98. The molecule has 2 rings (SSSR count). The van der Waals surface area contributed by atoms with Crippen molar-refractivity contribution >= 4 is 11.6 Å². The van der Waals surface area contributed by atoms with E-state index in [1.165, 1.54) is 37.7 Å². The summed E-state index contributed by atoms with van der Waals surface area (Å²) < 4.78 is 0. The van der Waals surface area contributed by atoms with Gasteiger partial charge in [0, 0.05) is 11.1 Å². The molecule has 112 valence electrons. The van der Waals surface area contributed by atoms with E-state index in [-0.39, 0.29) is 0 Å². The molecule has 0 aliphatic heterocycles. The van der Waals surface area contributed by atoms with E-state index in [0.717, 1.165) is 29.8 Å². The molecule has 0 heterocycles. The van der Waals surface area contributed by atoms with E-state index in [1.54, 1.807) is 0 Å². The van der Waals surface area contributed by atoms with E-state index < -0.39 is 0 Å². The second-order valence-electron chi connectivity index (χ2n) is 6.20. The molecule has 0 bridgehead atoms. The molecule has 1 aromatic rings. The fourth-order valence-electron chi connectivity index (χ4n) is 3.61. The maximum Gasteiger partial charge on any atom is 0.0406 e. The van der Waals surface area contributed by atoms with Crippen molar-refractivity contribution < 1.29 is 0 Å². The van der Waals surface area contributed by atoms with E-state index in [4.69, 9.17) is 11.6 Å². The molecule has 20 heavy (non-hydrogen) atoms. The molecule has 1 aliphatic carbocycles. The van der Waals surface area contributed by atoms with Crippen LogP contribution in [-0.4, -0.2) is 12.6 Å². The van der Waals surface area contributed by atoms with Gasteiger partial charge in [0.15, 0.2) is 0 Å². The van der Waals surface area contributed by atoms with Crippen LogP contribution in [0.4, 0.5) is 0 Å². The minimum atomic E-state index is 0.621. The summed E-state index contributed by atoms with van der Waals surface area (Å²) in [5.41, 5.74) is 1.40. The van der Waals surface area contributed by atoms with Crippen molar-refractivity contribution in [3.05, 3.63) is 34.9 Å². The van der Waals surface area contributed by atoms with E-state index >= 15 is 0 Å². The summed E-state index contributed by atoms with van der Waals surface area (Å²) in [6, 6.07) is 8.99. The lowest BCUT2D eigenvalue weighted by Gasteiger charge is -2.35. The highest BCUT2D eigenvalue weighted by atomic mass is 35.5. The van der Waals surface area contributed by atoms with Gasteiger partial charge in [0.2, 0.25) is 0 Å². The molecule has 3 atom stereocenters. The second-order valence-corrected chi connectivity index (χ2v) is 6.63. The first-order valence-electron chi connectivity index (χ1n) is 8.20. The van der Waals surface area contributed by atoms with Crippen LogP contribution in [-0.2, 0) is 6.42 Å². The van der Waals surface area contributed by atoms with E-state index in [1.807, 2.05) is 12.1 Å². The number of likely N-dealkylation sites (N-methyl/N-ethyl adjacent to an activating group) is 1. The van der Waals surface area contributed by atoms with Gasteiger partial charge < -0.3 is 5.32 Å². The topological polar surface area (TPSA) is 12.0 Å². The Labute approximate surface area is 129 Å². The second kappa shape index (κ2) is 8.05. The molecule has 0 saturated heterocycles. The normalized spacial score (nSPS) is 24.6. The molecule has 1 fully saturated rings. The molecule has 1 saturated carbocycles. The van der Waals surface area contributed by atoms with Crippen LogP contribution in [0.1, 0.15) is 51.5 Å². The zero-order chi connectivity index (χ0) is 14.4. The summed E-state index contributed by atoms with van der Waals surface area (Å²) in [6.45, 7) is 5.62. The third-order valence-electron chi connectivity index (χ3n) is 4.80. The van der Waals surface area contributed by atoms with Crippen LogP contribution >= 0.6 is 11.6 Å². The minimum absolute atomic E-state index is 0.621. The molecule has 2 heteroatoms. The van der Waals surface area contributed by atoms with Gasteiger partial charge in [-0.05, 0) is 55.3 Å². The molecule has 1 aromatic carbocycles. The van der Waals surface area contributed by atoms with Crippen LogP contribution < -0.4 is 5.32 Å². The maximum absolute atomic E-state index is 5.98. The lowest BCUT2D eigenvalue weighted by atomic mass is 9.75. The third-order valence-corrected chi connectivity index (χ3v) is 5.06. The van der Waals surface area contributed by atoms with Crippen molar-refractivity contribution in [3.8, 4) is 0 Å². The zero-order valence-electron chi connectivity index (χ0n) is 12.9. The Morgan fingerprint density at radius 1 is 1.20 bits per heavy atom. The number of benzene rings is 1. The lowest BCUT2D eigenvalue weighted by molar-refractivity contribution is 0.208. The van der Waals surface area contributed by atoms with E-state index in [9.17, 15) is 0 Å². The highest BCUT2D eigenvalue weighted by Crippen LogP contribution is 2.33. The van der Waals surface area contributed by atoms with E-state index in [0.29, 0.717) is 6.04 Å². The van der Waals surface area contributed by atoms with Crippen molar-refractivity contribution in [1.82, 2.24) is 5.32 Å². The Morgan fingerprint density at radius 3 is 2.60 bits per heavy atom. The van der Waals surface area contributed by atoms with Crippen molar-refractivity contribution in [2.75, 3.05) is 6.54 Å². The van der Waals surface area contributed by atoms with Gasteiger partial charge in [-0.2, -0.15) is 0 Å². The largest absolute Gasteiger partial charge is 0.314 e. The number of nitrogens with one attached hydrogen (secondary N) is 1. The van der Waals surface area contributed by atoms with Crippen molar-refractivity contribution in [2.45, 2.75) is 58.4 Å². The highest BCUT2D eigenvalue weighted by molar-refractivity contribution is 6.30. The van der Waals surface area contributed by atoms with Crippen LogP contribution in [0.3, 0.4) is 0 Å². The molecular weight excluding hydrogens is 266 g/mol. The zero-order valence-corrected chi connectivity index (χ0v) is 13.6. The van der Waals surface area contributed by atoms with Gasteiger partial charge in [-0.1, -0.05) is 56.8 Å². The summed E-state index contributed by atoms with van der Waals surface area (Å²) >= 11 is 5.98. The van der Waals surface area contributed by atoms with Gasteiger partial charge in [-0.3, -0.25) is 0 Å². The van der Waals surface area contributed by atoms with Gasteiger partial charge in [-0.25, -0.2) is 0 Å². The lowest BCUT2D eigenvalue weighted by Crippen LogP contribution is -2.40. The molecule has 1 N–H and O–H groups in total. The number of hydrogen-bond acceptors (Lipinski definition) is 1.